The van der Waals surface area contributed by atoms with Crippen LogP contribution >= 0.6 is 24.8 Å². The molecule has 0 aliphatic rings. The molecule has 0 aromatic rings. The summed E-state index contributed by atoms with van der Waals surface area (Å²) in [5.41, 5.74) is 4.39. The van der Waals surface area contributed by atoms with Crippen molar-refractivity contribution in [3.05, 3.63) is 0 Å². The number of carboxylic acid groups (broad SMARTS) is 1. The first-order valence-electron chi connectivity index (χ1n) is 3.53. The summed E-state index contributed by atoms with van der Waals surface area (Å²) in [7, 11) is 3.77. The summed E-state index contributed by atoms with van der Waals surface area (Å²) in [6.07, 6.45) is 0.468. The molecule has 1 atom stereocenters. The Kier molecular flexibility index (Phi) is 10.6. The molecule has 0 amide bonds. The first-order chi connectivity index (χ1) is 4.86. The molecule has 0 aliphatic carbocycles. The third-order valence-corrected chi connectivity index (χ3v) is 1.57. The fourth-order valence-corrected chi connectivity index (χ4v) is 0.563. The first kappa shape index (κ1) is 18.7. The zero-order chi connectivity index (χ0) is 9.07. The Hall–Kier alpha value is -0.0300. The monoisotopic (exact) mass is 232 g/mol. The van der Waals surface area contributed by atoms with E-state index in [1.165, 1.54) is 6.92 Å². The topological polar surface area (TPSA) is 66.6 Å². The van der Waals surface area contributed by atoms with Crippen LogP contribution in [-0.2, 0) is 4.79 Å². The number of hydrogen-bond acceptors (Lipinski definition) is 3. The van der Waals surface area contributed by atoms with E-state index < -0.39 is 11.5 Å². The van der Waals surface area contributed by atoms with Gasteiger partial charge in [-0.05, 0) is 34.0 Å². The minimum Gasteiger partial charge on any atom is -0.480 e. The van der Waals surface area contributed by atoms with E-state index in [4.69, 9.17) is 10.8 Å². The highest BCUT2D eigenvalue weighted by molar-refractivity contribution is 5.85. The molecule has 0 spiro atoms. The van der Waals surface area contributed by atoms with E-state index in [0.717, 1.165) is 0 Å². The lowest BCUT2D eigenvalue weighted by Crippen LogP contribution is -2.46. The Morgan fingerprint density at radius 3 is 2.08 bits per heavy atom. The second-order valence-electron chi connectivity index (χ2n) is 3.28. The maximum atomic E-state index is 10.5. The zero-order valence-electron chi connectivity index (χ0n) is 8.11. The fraction of sp³-hybridized carbons (Fsp3) is 0.857. The van der Waals surface area contributed by atoms with Crippen molar-refractivity contribution in [2.24, 2.45) is 5.73 Å². The van der Waals surface area contributed by atoms with Gasteiger partial charge in [-0.3, -0.25) is 4.79 Å². The number of aliphatic carboxylic acids is 1. The lowest BCUT2D eigenvalue weighted by molar-refractivity contribution is -0.143. The number of carbonyl (C=O) groups is 1. The second kappa shape index (κ2) is 7.38. The second-order valence-corrected chi connectivity index (χ2v) is 3.28. The molecule has 0 saturated heterocycles. The van der Waals surface area contributed by atoms with Crippen LogP contribution in [0.2, 0.25) is 0 Å². The van der Waals surface area contributed by atoms with E-state index >= 15 is 0 Å². The molecule has 0 rings (SSSR count). The van der Waals surface area contributed by atoms with Crippen molar-refractivity contribution in [3.8, 4) is 0 Å². The van der Waals surface area contributed by atoms with Crippen molar-refractivity contribution in [2.75, 3.05) is 20.6 Å². The number of halogens is 2. The molecule has 1 unspecified atom stereocenters. The summed E-state index contributed by atoms with van der Waals surface area (Å²) in [6.45, 7) is 2.22. The summed E-state index contributed by atoms with van der Waals surface area (Å²) >= 11 is 0. The van der Waals surface area contributed by atoms with E-state index in [2.05, 4.69) is 0 Å². The van der Waals surface area contributed by atoms with Crippen LogP contribution in [0.15, 0.2) is 0 Å². The molecule has 0 bridgehead atoms. The summed E-state index contributed by atoms with van der Waals surface area (Å²) in [4.78, 5) is 12.4. The average Bonchev–Trinajstić information content (AvgIpc) is 1.84. The van der Waals surface area contributed by atoms with Crippen LogP contribution in [0.4, 0.5) is 0 Å². The Morgan fingerprint density at radius 2 is 1.85 bits per heavy atom. The number of rotatable bonds is 4. The van der Waals surface area contributed by atoms with Gasteiger partial charge in [0.25, 0.3) is 0 Å². The van der Waals surface area contributed by atoms with Gasteiger partial charge in [-0.25, -0.2) is 0 Å². The van der Waals surface area contributed by atoms with E-state index in [9.17, 15) is 4.79 Å². The molecule has 0 aromatic heterocycles. The van der Waals surface area contributed by atoms with Crippen LogP contribution < -0.4 is 5.73 Å². The highest BCUT2D eigenvalue weighted by Gasteiger charge is 2.27. The van der Waals surface area contributed by atoms with Crippen molar-refractivity contribution < 1.29 is 9.90 Å². The van der Waals surface area contributed by atoms with Crippen molar-refractivity contribution >= 4 is 30.8 Å². The van der Waals surface area contributed by atoms with Gasteiger partial charge in [-0.1, -0.05) is 0 Å². The fourth-order valence-electron chi connectivity index (χ4n) is 0.563. The summed E-state index contributed by atoms with van der Waals surface area (Å²) < 4.78 is 0. The predicted molar refractivity (Wildman–Crippen MR) is 57.9 cm³/mol. The largest absolute Gasteiger partial charge is 0.480 e. The third-order valence-electron chi connectivity index (χ3n) is 1.57. The molecule has 0 saturated carbocycles. The van der Waals surface area contributed by atoms with Crippen LogP contribution in [0.25, 0.3) is 0 Å². The van der Waals surface area contributed by atoms with Gasteiger partial charge in [0, 0.05) is 0 Å². The predicted octanol–water partition coefficient (Wildman–Crippen LogP) is 0.584. The van der Waals surface area contributed by atoms with E-state index in [1.54, 1.807) is 0 Å². The van der Waals surface area contributed by atoms with E-state index in [-0.39, 0.29) is 24.8 Å². The van der Waals surface area contributed by atoms with Gasteiger partial charge < -0.3 is 15.7 Å². The molecule has 0 radical (unpaired) electrons. The van der Waals surface area contributed by atoms with Gasteiger partial charge in [-0.2, -0.15) is 0 Å². The third kappa shape index (κ3) is 8.30. The molecule has 0 aliphatic heterocycles. The first-order valence-corrected chi connectivity index (χ1v) is 3.53. The molecule has 6 heteroatoms. The van der Waals surface area contributed by atoms with Crippen LogP contribution in [0, 0.1) is 0 Å². The lowest BCUT2D eigenvalue weighted by atomic mass is 10.00. The van der Waals surface area contributed by atoms with Crippen molar-refractivity contribution in [3.63, 3.8) is 0 Å². The van der Waals surface area contributed by atoms with Gasteiger partial charge >= 0.3 is 5.97 Å². The normalized spacial score (nSPS) is 13.9. The van der Waals surface area contributed by atoms with Crippen LogP contribution in [0.3, 0.4) is 0 Å². The Bertz CT molecular complexity index is 151. The Balaban J connectivity index is -0.000000500. The minimum atomic E-state index is -1.09. The van der Waals surface area contributed by atoms with E-state index in [0.29, 0.717) is 13.0 Å². The van der Waals surface area contributed by atoms with Crippen LogP contribution in [0.5, 0.6) is 0 Å². The molecular weight excluding hydrogens is 215 g/mol. The van der Waals surface area contributed by atoms with Gasteiger partial charge in [0.05, 0.1) is 0 Å². The van der Waals surface area contributed by atoms with Crippen molar-refractivity contribution in [1.82, 2.24) is 4.90 Å². The number of carboxylic acids is 1. The molecular formula is C7H18Cl2N2O2. The number of nitrogens with two attached hydrogens (primary N) is 1. The molecule has 0 aromatic carbocycles. The maximum absolute atomic E-state index is 10.5. The van der Waals surface area contributed by atoms with Crippen molar-refractivity contribution in [2.45, 2.75) is 18.9 Å². The molecule has 82 valence electrons. The van der Waals surface area contributed by atoms with Crippen molar-refractivity contribution in [1.29, 1.82) is 0 Å². The smallest absolute Gasteiger partial charge is 0.323 e. The maximum Gasteiger partial charge on any atom is 0.323 e. The van der Waals surface area contributed by atoms with Gasteiger partial charge in [0.2, 0.25) is 0 Å². The molecule has 4 nitrogen and oxygen atoms in total. The number of hydrogen-bond donors (Lipinski definition) is 2. The Labute approximate surface area is 91.3 Å². The quantitative estimate of drug-likeness (QED) is 0.745. The molecule has 13 heavy (non-hydrogen) atoms. The number of nitrogens with zero attached hydrogens (tertiary/aromatic N) is 1. The minimum absolute atomic E-state index is 0. The van der Waals surface area contributed by atoms with Gasteiger partial charge in [-0.15, -0.1) is 24.8 Å². The molecule has 0 heterocycles. The summed E-state index contributed by atoms with van der Waals surface area (Å²) in [5, 5.41) is 8.61. The summed E-state index contributed by atoms with van der Waals surface area (Å²) in [6, 6.07) is 0. The van der Waals surface area contributed by atoms with Crippen LogP contribution in [-0.4, -0.2) is 42.2 Å². The molecule has 0 fully saturated rings. The lowest BCUT2D eigenvalue weighted by Gasteiger charge is -2.20. The standard InChI is InChI=1S/C7H16N2O2.2ClH/c1-7(8,6(10)11)4-5-9(2)3;;/h4-5,8H2,1-3H3,(H,10,11);2*1H. The highest BCUT2D eigenvalue weighted by Crippen LogP contribution is 2.05. The van der Waals surface area contributed by atoms with Gasteiger partial charge in [0.1, 0.15) is 5.54 Å². The SMILES string of the molecule is CN(C)CCC(C)(N)C(=O)O.Cl.Cl. The van der Waals surface area contributed by atoms with Gasteiger partial charge in [0.15, 0.2) is 0 Å². The Morgan fingerprint density at radius 1 is 1.46 bits per heavy atom. The summed E-state index contributed by atoms with van der Waals surface area (Å²) in [5.74, 6) is -0.945. The zero-order valence-corrected chi connectivity index (χ0v) is 9.74. The highest BCUT2D eigenvalue weighted by atomic mass is 35.5. The van der Waals surface area contributed by atoms with Crippen LogP contribution in [0.1, 0.15) is 13.3 Å². The molecule has 3 N–H and O–H groups in total. The van der Waals surface area contributed by atoms with E-state index in [1.807, 2.05) is 19.0 Å². The average molecular weight is 233 g/mol.